The number of carbonyl (C=O) groups is 6. The quantitative estimate of drug-likeness (QED) is 0.172. The second-order valence-electron chi connectivity index (χ2n) is 17.5. The predicted molar refractivity (Wildman–Crippen MR) is 230 cm³/mol. The fourth-order valence-electron chi connectivity index (χ4n) is 8.87. The summed E-state index contributed by atoms with van der Waals surface area (Å²) >= 11 is 0. The molecule has 4 atom stereocenters. The van der Waals surface area contributed by atoms with Gasteiger partial charge in [0.15, 0.2) is 11.6 Å². The molecule has 0 bridgehead atoms. The molecule has 3 saturated heterocycles. The Labute approximate surface area is 362 Å². The van der Waals surface area contributed by atoms with Crippen molar-refractivity contribution in [2.75, 3.05) is 38.8 Å². The molecule has 6 rings (SSSR count). The number of rotatable bonds is 14. The molecule has 3 aliphatic rings. The van der Waals surface area contributed by atoms with Crippen LogP contribution in [-0.4, -0.2) is 121 Å². The van der Waals surface area contributed by atoms with Crippen molar-refractivity contribution in [1.82, 2.24) is 30.4 Å². The van der Waals surface area contributed by atoms with Gasteiger partial charge in [0.25, 0.3) is 0 Å². The molecule has 16 nitrogen and oxygen atoms in total. The van der Waals surface area contributed by atoms with Crippen molar-refractivity contribution in [1.29, 1.82) is 0 Å². The monoisotopic (exact) mass is 874 g/mol. The van der Waals surface area contributed by atoms with E-state index in [9.17, 15) is 37.2 Å². The first-order valence-electron chi connectivity index (χ1n) is 21.3. The second kappa shape index (κ2) is 19.2. The summed E-state index contributed by atoms with van der Waals surface area (Å²) in [6.45, 7) is 8.05. The number of methoxy groups -OCH3 is 2. The number of ether oxygens (including phenoxy) is 2. The van der Waals surface area contributed by atoms with Crippen LogP contribution in [0.25, 0.3) is 22.4 Å². The number of amides is 4. The van der Waals surface area contributed by atoms with E-state index >= 15 is 0 Å². The summed E-state index contributed by atoms with van der Waals surface area (Å²) in [6.07, 6.45) is 2.67. The van der Waals surface area contributed by atoms with Gasteiger partial charge in [0.05, 0.1) is 49.7 Å². The number of nitrogens with one attached hydrogen (secondary N) is 3. The maximum absolute atomic E-state index is 13.9. The minimum absolute atomic E-state index is 0.0166. The minimum atomic E-state index is -3.20. The van der Waals surface area contributed by atoms with E-state index in [-0.39, 0.29) is 66.2 Å². The molecule has 0 aliphatic carbocycles. The van der Waals surface area contributed by atoms with Gasteiger partial charge in [0.2, 0.25) is 11.8 Å². The third-order valence-corrected chi connectivity index (χ3v) is 14.3. The standard InChI is InChI=1S/C45H58N6O10S/c1-27(2)38(48-43(56)60-5)41(54)50-21-7-8-34(50)40-46-25-33(47-40)31-13-9-29(10-14-31)30-11-15-32(16-12-30)36(52)17-18-37(53)35-24-45(19-22-62(58,59)23-20-45)26-51(35)42(55)39(28(3)4)49-44(57)61-6/h9-16,25,27-28,34-35,38-39H,7-8,17-24,26H2,1-6H3,(H,46,47)(H,48,56)(H,49,57)/t34-,35?,38-,39-/m0/s1. The van der Waals surface area contributed by atoms with Crippen LogP contribution in [0, 0.1) is 17.3 Å². The van der Waals surface area contributed by atoms with E-state index < -0.39 is 51.5 Å². The lowest BCUT2D eigenvalue weighted by Gasteiger charge is -2.34. The number of likely N-dealkylation sites (tertiary alicyclic amines) is 2. The van der Waals surface area contributed by atoms with Crippen LogP contribution in [0.1, 0.15) is 94.9 Å². The van der Waals surface area contributed by atoms with Crippen molar-refractivity contribution in [3.8, 4) is 22.4 Å². The molecule has 1 spiro atoms. The van der Waals surface area contributed by atoms with E-state index in [0.29, 0.717) is 37.2 Å². The number of imidazole rings is 1. The Morgan fingerprint density at radius 1 is 0.790 bits per heavy atom. The smallest absolute Gasteiger partial charge is 0.407 e. The molecule has 17 heteroatoms. The van der Waals surface area contributed by atoms with Crippen LogP contribution in [0.3, 0.4) is 0 Å². The van der Waals surface area contributed by atoms with E-state index in [1.165, 1.54) is 19.1 Å². The van der Waals surface area contributed by atoms with Crippen LogP contribution < -0.4 is 10.6 Å². The lowest BCUT2D eigenvalue weighted by atomic mass is 9.79. The molecule has 2 aromatic carbocycles. The molecule has 1 aromatic heterocycles. The summed E-state index contributed by atoms with van der Waals surface area (Å²) in [5.74, 6) is -0.930. The van der Waals surface area contributed by atoms with E-state index in [1.807, 2.05) is 50.2 Å². The van der Waals surface area contributed by atoms with Crippen molar-refractivity contribution < 1.29 is 46.7 Å². The Hall–Kier alpha value is -5.58. The van der Waals surface area contributed by atoms with Crippen molar-refractivity contribution >= 4 is 45.4 Å². The van der Waals surface area contributed by atoms with Crippen LogP contribution in [0.15, 0.2) is 54.7 Å². The first-order valence-corrected chi connectivity index (χ1v) is 23.1. The fourth-order valence-corrected chi connectivity index (χ4v) is 10.6. The molecular weight excluding hydrogens is 817 g/mol. The molecule has 1 unspecified atom stereocenters. The molecule has 62 heavy (non-hydrogen) atoms. The number of hydrogen-bond acceptors (Lipinski definition) is 11. The van der Waals surface area contributed by atoms with Crippen LogP contribution >= 0.6 is 0 Å². The average Bonchev–Trinajstić information content (AvgIpc) is 4.04. The number of aromatic nitrogens is 2. The zero-order valence-electron chi connectivity index (χ0n) is 36.3. The summed E-state index contributed by atoms with van der Waals surface area (Å²) in [6, 6.07) is 12.2. The van der Waals surface area contributed by atoms with Crippen LogP contribution in [0.4, 0.5) is 9.59 Å². The normalized spacial score (nSPS) is 20.2. The first kappa shape index (κ1) is 45.9. The zero-order chi connectivity index (χ0) is 44.9. The minimum Gasteiger partial charge on any atom is -0.453 e. The van der Waals surface area contributed by atoms with Gasteiger partial charge in [-0.15, -0.1) is 0 Å². The van der Waals surface area contributed by atoms with E-state index in [1.54, 1.807) is 37.1 Å². The number of sulfone groups is 1. The Morgan fingerprint density at radius 3 is 1.87 bits per heavy atom. The van der Waals surface area contributed by atoms with Gasteiger partial charge < -0.3 is 34.9 Å². The van der Waals surface area contributed by atoms with Gasteiger partial charge in [-0.2, -0.15) is 0 Å². The molecular formula is C45H58N6O10S. The summed E-state index contributed by atoms with van der Waals surface area (Å²) in [4.78, 5) is 90.1. The number of Topliss-reactive ketones (excluding diaryl/α,β-unsaturated/α-hetero) is 2. The topological polar surface area (TPSA) is 214 Å². The third-order valence-electron chi connectivity index (χ3n) is 12.6. The Kier molecular flexibility index (Phi) is 14.2. The lowest BCUT2D eigenvalue weighted by Crippen LogP contribution is -2.54. The number of carbonyl (C=O) groups excluding carboxylic acids is 6. The number of aromatic amines is 1. The highest BCUT2D eigenvalue weighted by atomic mass is 32.2. The van der Waals surface area contributed by atoms with Crippen LogP contribution in [-0.2, 0) is 33.7 Å². The summed E-state index contributed by atoms with van der Waals surface area (Å²) in [5, 5.41) is 5.26. The highest BCUT2D eigenvalue weighted by Crippen LogP contribution is 2.45. The zero-order valence-corrected chi connectivity index (χ0v) is 37.1. The highest BCUT2D eigenvalue weighted by Gasteiger charge is 2.51. The Morgan fingerprint density at radius 2 is 1.32 bits per heavy atom. The van der Waals surface area contributed by atoms with Gasteiger partial charge in [-0.05, 0) is 66.0 Å². The van der Waals surface area contributed by atoms with E-state index in [0.717, 1.165) is 35.2 Å². The SMILES string of the molecule is COC(=O)N[C@H](C(=O)N1CC2(CCS(=O)(=O)CC2)CC1C(=O)CCC(=O)c1ccc(-c2ccc(-c3cnc([C@@H]4CCCN4C(=O)[C@@H](NC(=O)OC)C(C)C)[nH]3)cc2)cc1)C(C)C. The van der Waals surface area contributed by atoms with Crippen molar-refractivity contribution in [2.45, 2.75) is 96.8 Å². The molecule has 3 fully saturated rings. The molecule has 0 radical (unpaired) electrons. The van der Waals surface area contributed by atoms with Gasteiger partial charge in [-0.25, -0.2) is 23.0 Å². The Balaban J connectivity index is 1.08. The molecule has 0 saturated carbocycles. The van der Waals surface area contributed by atoms with Crippen molar-refractivity contribution in [2.24, 2.45) is 17.3 Å². The maximum atomic E-state index is 13.9. The number of nitrogens with zero attached hydrogens (tertiary/aromatic N) is 3. The van der Waals surface area contributed by atoms with Gasteiger partial charge in [-0.3, -0.25) is 19.2 Å². The number of H-pyrrole nitrogens is 1. The number of hydrogen-bond donors (Lipinski definition) is 3. The number of alkyl carbamates (subject to hydrolysis) is 2. The fraction of sp³-hybridized carbons (Fsp3) is 0.533. The summed E-state index contributed by atoms with van der Waals surface area (Å²) in [7, 11) is -0.732. The molecule has 3 aliphatic heterocycles. The lowest BCUT2D eigenvalue weighted by molar-refractivity contribution is -0.140. The predicted octanol–water partition coefficient (Wildman–Crippen LogP) is 5.50. The molecule has 4 heterocycles. The Bertz CT molecular complexity index is 2240. The van der Waals surface area contributed by atoms with Gasteiger partial charge in [0.1, 0.15) is 27.7 Å². The van der Waals surface area contributed by atoms with Gasteiger partial charge in [0, 0.05) is 31.5 Å². The van der Waals surface area contributed by atoms with Gasteiger partial charge >= 0.3 is 12.2 Å². The molecule has 4 amide bonds. The van der Waals surface area contributed by atoms with E-state index in [2.05, 4.69) is 20.6 Å². The summed E-state index contributed by atoms with van der Waals surface area (Å²) in [5.41, 5.74) is 3.39. The number of benzene rings is 2. The third kappa shape index (κ3) is 10.4. The highest BCUT2D eigenvalue weighted by molar-refractivity contribution is 7.91. The molecule has 334 valence electrons. The average molecular weight is 875 g/mol. The van der Waals surface area contributed by atoms with Crippen LogP contribution in [0.5, 0.6) is 0 Å². The molecule has 3 aromatic rings. The van der Waals surface area contributed by atoms with Crippen molar-refractivity contribution in [3.63, 3.8) is 0 Å². The maximum Gasteiger partial charge on any atom is 0.407 e. The number of ketones is 2. The summed E-state index contributed by atoms with van der Waals surface area (Å²) < 4.78 is 34.1. The van der Waals surface area contributed by atoms with Crippen LogP contribution in [0.2, 0.25) is 0 Å². The first-order chi connectivity index (χ1) is 29.4. The second-order valence-corrected chi connectivity index (χ2v) is 19.8. The van der Waals surface area contributed by atoms with Crippen molar-refractivity contribution in [3.05, 3.63) is 66.1 Å². The largest absolute Gasteiger partial charge is 0.453 e. The molecule has 3 N–H and O–H groups in total. The van der Waals surface area contributed by atoms with E-state index in [4.69, 9.17) is 9.47 Å². The van der Waals surface area contributed by atoms with Gasteiger partial charge in [-0.1, -0.05) is 76.2 Å².